The lowest BCUT2D eigenvalue weighted by atomic mass is 9.61. The average Bonchev–Trinajstić information content (AvgIpc) is 2.51. The zero-order chi connectivity index (χ0) is 21.2. The molecule has 0 saturated heterocycles. The molecule has 1 aliphatic rings. The second-order valence-electron chi connectivity index (χ2n) is 8.01. The number of ketones is 1. The van der Waals surface area contributed by atoms with Crippen molar-refractivity contribution in [3.05, 3.63) is 35.6 Å². The van der Waals surface area contributed by atoms with Gasteiger partial charge in [0.15, 0.2) is 5.78 Å². The third-order valence-corrected chi connectivity index (χ3v) is 4.71. The predicted octanol–water partition coefficient (Wildman–Crippen LogP) is 2.77. The number of rotatable bonds is 5. The van der Waals surface area contributed by atoms with E-state index in [4.69, 9.17) is 9.47 Å². The zero-order valence-corrected chi connectivity index (χ0v) is 16.8. The normalized spacial score (nSPS) is 27.8. The Morgan fingerprint density at radius 3 is 2.25 bits per heavy atom. The summed E-state index contributed by atoms with van der Waals surface area (Å²) in [6, 6.07) is 5.32. The topological polar surface area (TPSA) is 89.9 Å². The van der Waals surface area contributed by atoms with Crippen LogP contribution in [0, 0.1) is 17.7 Å². The second-order valence-corrected chi connectivity index (χ2v) is 8.01. The molecule has 0 bridgehead atoms. The summed E-state index contributed by atoms with van der Waals surface area (Å²) in [6.07, 6.45) is -1.35. The number of halogens is 1. The van der Waals surface area contributed by atoms with Crippen LogP contribution in [-0.2, 0) is 23.9 Å². The molecule has 0 heterocycles. The summed E-state index contributed by atoms with van der Waals surface area (Å²) >= 11 is 0. The van der Waals surface area contributed by atoms with Gasteiger partial charge in [-0.05, 0) is 52.3 Å². The molecule has 0 unspecified atom stereocenters. The number of hydrogen-bond acceptors (Lipinski definition) is 6. The Labute approximate surface area is 164 Å². The van der Waals surface area contributed by atoms with Crippen molar-refractivity contribution in [1.29, 1.82) is 0 Å². The van der Waals surface area contributed by atoms with Crippen molar-refractivity contribution in [2.45, 2.75) is 64.8 Å². The lowest BCUT2D eigenvalue weighted by Crippen LogP contribution is -2.55. The SMILES string of the molecule is CC(C)OC(=O)[C@@H]1C(=O)C[C@](C)(O)[C@H](C(=O)OC(C)C)[C@@H]1c1cccc(F)c1. The lowest BCUT2D eigenvalue weighted by molar-refractivity contribution is -0.176. The largest absolute Gasteiger partial charge is 0.463 e. The summed E-state index contributed by atoms with van der Waals surface area (Å²) in [5, 5.41) is 10.9. The van der Waals surface area contributed by atoms with Gasteiger partial charge in [-0.25, -0.2) is 4.39 Å². The number of aliphatic hydroxyl groups is 1. The Morgan fingerprint density at radius 1 is 1.14 bits per heavy atom. The van der Waals surface area contributed by atoms with Gasteiger partial charge >= 0.3 is 11.9 Å². The van der Waals surface area contributed by atoms with E-state index in [1.807, 2.05) is 0 Å². The molecule has 0 aromatic heterocycles. The van der Waals surface area contributed by atoms with E-state index in [9.17, 15) is 23.9 Å². The van der Waals surface area contributed by atoms with Gasteiger partial charge in [-0.1, -0.05) is 12.1 Å². The fourth-order valence-electron chi connectivity index (χ4n) is 3.74. The minimum Gasteiger partial charge on any atom is -0.463 e. The van der Waals surface area contributed by atoms with Crippen LogP contribution >= 0.6 is 0 Å². The van der Waals surface area contributed by atoms with Crippen molar-refractivity contribution in [3.8, 4) is 0 Å². The first-order valence-electron chi connectivity index (χ1n) is 9.35. The Kier molecular flexibility index (Phi) is 6.59. The molecular formula is C21H27FO6. The van der Waals surface area contributed by atoms with Crippen LogP contribution in [0.1, 0.15) is 52.5 Å². The Morgan fingerprint density at radius 2 is 1.71 bits per heavy atom. The van der Waals surface area contributed by atoms with Crippen LogP contribution < -0.4 is 0 Å². The molecule has 0 amide bonds. The number of esters is 2. The molecule has 1 aliphatic carbocycles. The van der Waals surface area contributed by atoms with Crippen molar-refractivity contribution in [3.63, 3.8) is 0 Å². The maximum absolute atomic E-state index is 13.9. The summed E-state index contributed by atoms with van der Waals surface area (Å²) in [4.78, 5) is 38.4. The smallest absolute Gasteiger partial charge is 0.317 e. The fraction of sp³-hybridized carbons (Fsp3) is 0.571. The van der Waals surface area contributed by atoms with Crippen molar-refractivity contribution < 1.29 is 33.4 Å². The van der Waals surface area contributed by atoms with Crippen LogP contribution in [0.25, 0.3) is 0 Å². The fourth-order valence-corrected chi connectivity index (χ4v) is 3.74. The number of carbonyl (C=O) groups excluding carboxylic acids is 3. The van der Waals surface area contributed by atoms with Crippen LogP contribution in [0.15, 0.2) is 24.3 Å². The Balaban J connectivity index is 2.61. The number of hydrogen-bond donors (Lipinski definition) is 1. The molecule has 2 rings (SSSR count). The standard InChI is InChI=1S/C21H27FO6/c1-11(2)27-19(24)17-15(23)10-21(5,26)18(20(25)28-12(3)4)16(17)13-7-6-8-14(22)9-13/h6-9,11-12,16-18,26H,10H2,1-5H3/t16-,17-,18+,21+/m1/s1. The number of carbonyl (C=O) groups is 3. The number of ether oxygens (including phenoxy) is 2. The maximum atomic E-state index is 13.9. The van der Waals surface area contributed by atoms with Crippen molar-refractivity contribution >= 4 is 17.7 Å². The molecule has 1 N–H and O–H groups in total. The highest BCUT2D eigenvalue weighted by molar-refractivity contribution is 6.02. The molecule has 0 spiro atoms. The second kappa shape index (κ2) is 8.39. The van der Waals surface area contributed by atoms with Gasteiger partial charge in [0.25, 0.3) is 0 Å². The zero-order valence-electron chi connectivity index (χ0n) is 16.8. The molecule has 0 aliphatic heterocycles. The molecule has 28 heavy (non-hydrogen) atoms. The van der Waals surface area contributed by atoms with E-state index < -0.39 is 65.5 Å². The van der Waals surface area contributed by atoms with Gasteiger partial charge in [0.2, 0.25) is 0 Å². The van der Waals surface area contributed by atoms with Gasteiger partial charge in [0, 0.05) is 12.3 Å². The lowest BCUT2D eigenvalue weighted by Gasteiger charge is -2.44. The van der Waals surface area contributed by atoms with Gasteiger partial charge in [0.1, 0.15) is 11.7 Å². The van der Waals surface area contributed by atoms with E-state index in [2.05, 4.69) is 0 Å². The van der Waals surface area contributed by atoms with Gasteiger partial charge in [0.05, 0.1) is 23.7 Å². The van der Waals surface area contributed by atoms with Crippen LogP contribution in [0.5, 0.6) is 0 Å². The van der Waals surface area contributed by atoms with Crippen LogP contribution in [0.4, 0.5) is 4.39 Å². The van der Waals surface area contributed by atoms with Gasteiger partial charge < -0.3 is 14.6 Å². The first-order valence-corrected chi connectivity index (χ1v) is 9.35. The van der Waals surface area contributed by atoms with Gasteiger partial charge in [-0.2, -0.15) is 0 Å². The first kappa shape index (κ1) is 22.0. The first-order chi connectivity index (χ1) is 12.9. The minimum atomic E-state index is -1.76. The van der Waals surface area contributed by atoms with Crippen LogP contribution in [0.3, 0.4) is 0 Å². The van der Waals surface area contributed by atoms with Gasteiger partial charge in [-0.3, -0.25) is 14.4 Å². The van der Waals surface area contributed by atoms with Crippen molar-refractivity contribution in [1.82, 2.24) is 0 Å². The van der Waals surface area contributed by atoms with Gasteiger partial charge in [-0.15, -0.1) is 0 Å². The summed E-state index contributed by atoms with van der Waals surface area (Å²) in [5.74, 6) is -6.37. The van der Waals surface area contributed by atoms with E-state index in [1.54, 1.807) is 27.7 Å². The molecule has 0 radical (unpaired) electrons. The van der Waals surface area contributed by atoms with Crippen LogP contribution in [0.2, 0.25) is 0 Å². The van der Waals surface area contributed by atoms with E-state index in [0.29, 0.717) is 0 Å². The monoisotopic (exact) mass is 394 g/mol. The van der Waals surface area contributed by atoms with Crippen LogP contribution in [-0.4, -0.2) is 40.6 Å². The van der Waals surface area contributed by atoms with E-state index in [0.717, 1.165) is 6.07 Å². The predicted molar refractivity (Wildman–Crippen MR) is 98.8 cm³/mol. The highest BCUT2D eigenvalue weighted by Crippen LogP contribution is 2.47. The summed E-state index contributed by atoms with van der Waals surface area (Å²) in [7, 11) is 0. The highest BCUT2D eigenvalue weighted by Gasteiger charge is 2.57. The molecule has 1 saturated carbocycles. The molecule has 1 fully saturated rings. The minimum absolute atomic E-state index is 0.254. The van der Waals surface area contributed by atoms with Crippen molar-refractivity contribution in [2.24, 2.45) is 11.8 Å². The number of Topliss-reactive ketones (excluding diaryl/α,β-unsaturated/α-hetero) is 1. The molecule has 154 valence electrons. The Hall–Kier alpha value is -2.28. The third-order valence-electron chi connectivity index (χ3n) is 4.71. The van der Waals surface area contributed by atoms with E-state index >= 15 is 0 Å². The molecule has 1 aromatic carbocycles. The Bertz CT molecular complexity index is 747. The highest BCUT2D eigenvalue weighted by atomic mass is 19.1. The molecule has 6 nitrogen and oxygen atoms in total. The van der Waals surface area contributed by atoms with Crippen molar-refractivity contribution in [2.75, 3.05) is 0 Å². The quantitative estimate of drug-likeness (QED) is 0.610. The van der Waals surface area contributed by atoms with E-state index in [1.165, 1.54) is 25.1 Å². The summed E-state index contributed by atoms with van der Waals surface area (Å²) < 4.78 is 24.4. The molecule has 4 atom stereocenters. The maximum Gasteiger partial charge on any atom is 0.317 e. The molecule has 7 heteroatoms. The van der Waals surface area contributed by atoms with E-state index in [-0.39, 0.29) is 5.56 Å². The average molecular weight is 394 g/mol. The summed E-state index contributed by atoms with van der Waals surface area (Å²) in [5.41, 5.74) is -1.50. The molecular weight excluding hydrogens is 367 g/mol. The molecule has 1 aromatic rings. The summed E-state index contributed by atoms with van der Waals surface area (Å²) in [6.45, 7) is 7.95. The third kappa shape index (κ3) is 4.76. The number of benzene rings is 1.